The van der Waals surface area contributed by atoms with Gasteiger partial charge in [0.05, 0.1) is 24.2 Å². The van der Waals surface area contributed by atoms with Crippen LogP contribution in [0.2, 0.25) is 0 Å². The number of aromatic nitrogens is 2. The zero-order valence-electron chi connectivity index (χ0n) is 17.2. The highest BCUT2D eigenvalue weighted by Gasteiger charge is 2.21. The fraction of sp³-hybridized carbons (Fsp3) is 0.333. The van der Waals surface area contributed by atoms with Crippen molar-refractivity contribution in [3.05, 3.63) is 46.6 Å². The number of nitrogens with one attached hydrogen (secondary N) is 1. The number of carbonyl (C=O) groups excluding carboxylic acids is 2. The van der Waals surface area contributed by atoms with Crippen molar-refractivity contribution in [1.29, 1.82) is 0 Å². The molecule has 0 unspecified atom stereocenters. The summed E-state index contributed by atoms with van der Waals surface area (Å²) in [5, 5.41) is 4.02. The van der Waals surface area contributed by atoms with Crippen LogP contribution in [-0.4, -0.2) is 35.1 Å². The first-order chi connectivity index (χ1) is 13.9. The van der Waals surface area contributed by atoms with Crippen molar-refractivity contribution in [2.24, 2.45) is 5.92 Å². The molecule has 3 aromatic rings. The van der Waals surface area contributed by atoms with Crippen LogP contribution in [0.15, 0.2) is 30.6 Å². The van der Waals surface area contributed by atoms with Crippen LogP contribution in [0, 0.1) is 12.8 Å². The first-order valence-corrected chi connectivity index (χ1v) is 10.2. The number of carbonyl (C=O) groups is 2. The number of nitrogens with zero attached hydrogens (tertiary/aromatic N) is 2. The average Bonchev–Trinajstić information content (AvgIpc) is 3.04. The van der Waals surface area contributed by atoms with Gasteiger partial charge in [-0.05, 0) is 49.6 Å². The topological polar surface area (TPSA) is 90.4 Å². The van der Waals surface area contributed by atoms with Gasteiger partial charge in [-0.1, -0.05) is 13.8 Å². The fourth-order valence-electron chi connectivity index (χ4n) is 2.71. The van der Waals surface area contributed by atoms with Gasteiger partial charge in [0.2, 0.25) is 0 Å². The molecule has 30 heavy (non-hydrogen) atoms. The summed E-state index contributed by atoms with van der Waals surface area (Å²) in [6, 6.07) is 6.93. The minimum Gasteiger partial charge on any atom is -0.462 e. The Labute approximate surface area is 185 Å². The molecule has 0 aliphatic rings. The summed E-state index contributed by atoms with van der Waals surface area (Å²) in [5.74, 6) is 0.157. The molecule has 9 heteroatoms. The molecule has 1 aromatic carbocycles. The van der Waals surface area contributed by atoms with Crippen molar-refractivity contribution in [1.82, 2.24) is 9.97 Å². The number of anilines is 2. The minimum absolute atomic E-state index is 0. The summed E-state index contributed by atoms with van der Waals surface area (Å²) in [6.45, 7) is 8.32. The summed E-state index contributed by atoms with van der Waals surface area (Å²) in [4.78, 5) is 34.1. The Kier molecular flexibility index (Phi) is 8.14. The third kappa shape index (κ3) is 5.25. The lowest BCUT2D eigenvalue weighted by molar-refractivity contribution is 0.0463. The molecule has 3 rings (SSSR count). The first kappa shape index (κ1) is 23.6. The van der Waals surface area contributed by atoms with Crippen LogP contribution in [0.3, 0.4) is 0 Å². The Balaban J connectivity index is 0.00000320. The number of fused-ring (bicyclic) bond motifs is 1. The van der Waals surface area contributed by atoms with Crippen molar-refractivity contribution >= 4 is 57.4 Å². The maximum absolute atomic E-state index is 12.4. The van der Waals surface area contributed by atoms with Crippen LogP contribution in [0.25, 0.3) is 10.2 Å². The average molecular weight is 450 g/mol. The Morgan fingerprint density at radius 1 is 1.10 bits per heavy atom. The van der Waals surface area contributed by atoms with E-state index in [9.17, 15) is 9.59 Å². The molecule has 0 saturated heterocycles. The molecule has 0 atom stereocenters. The van der Waals surface area contributed by atoms with Gasteiger partial charge in [0.15, 0.2) is 0 Å². The van der Waals surface area contributed by atoms with Gasteiger partial charge in [-0.25, -0.2) is 19.6 Å². The fourth-order valence-corrected chi connectivity index (χ4v) is 3.75. The van der Waals surface area contributed by atoms with E-state index in [4.69, 9.17) is 9.47 Å². The monoisotopic (exact) mass is 449 g/mol. The van der Waals surface area contributed by atoms with E-state index < -0.39 is 0 Å². The van der Waals surface area contributed by atoms with Gasteiger partial charge < -0.3 is 14.8 Å². The van der Waals surface area contributed by atoms with Gasteiger partial charge in [0.1, 0.15) is 21.9 Å². The minimum atomic E-state index is -0.360. The normalized spacial score (nSPS) is 10.6. The van der Waals surface area contributed by atoms with Gasteiger partial charge in [-0.3, -0.25) is 0 Å². The van der Waals surface area contributed by atoms with E-state index in [1.807, 2.05) is 20.8 Å². The molecule has 0 spiro atoms. The highest BCUT2D eigenvalue weighted by Crippen LogP contribution is 2.34. The van der Waals surface area contributed by atoms with Crippen molar-refractivity contribution in [3.63, 3.8) is 0 Å². The van der Waals surface area contributed by atoms with Crippen LogP contribution in [0.5, 0.6) is 0 Å². The van der Waals surface area contributed by atoms with Gasteiger partial charge in [-0.2, -0.15) is 0 Å². The van der Waals surface area contributed by atoms with Crippen LogP contribution in [0.1, 0.15) is 46.4 Å². The van der Waals surface area contributed by atoms with E-state index in [2.05, 4.69) is 15.3 Å². The van der Waals surface area contributed by atoms with E-state index in [1.165, 1.54) is 17.7 Å². The lowest BCUT2D eigenvalue weighted by Gasteiger charge is -2.09. The van der Waals surface area contributed by atoms with Gasteiger partial charge in [-0.15, -0.1) is 23.7 Å². The molecule has 0 bridgehead atoms. The molecule has 2 aromatic heterocycles. The lowest BCUT2D eigenvalue weighted by Crippen LogP contribution is -2.09. The van der Waals surface area contributed by atoms with Crippen LogP contribution < -0.4 is 5.32 Å². The van der Waals surface area contributed by atoms with Crippen LogP contribution >= 0.6 is 23.7 Å². The summed E-state index contributed by atoms with van der Waals surface area (Å²) < 4.78 is 10.4. The number of hydrogen-bond acceptors (Lipinski definition) is 8. The Hall–Kier alpha value is -2.71. The third-order valence-electron chi connectivity index (χ3n) is 4.12. The highest BCUT2D eigenvalue weighted by molar-refractivity contribution is 7.20. The molecular formula is C21H24ClN3O4S. The van der Waals surface area contributed by atoms with Crippen LogP contribution in [-0.2, 0) is 9.47 Å². The largest absolute Gasteiger partial charge is 0.462 e. The lowest BCUT2D eigenvalue weighted by atomic mass is 10.2. The van der Waals surface area contributed by atoms with Crippen molar-refractivity contribution in [2.75, 3.05) is 18.5 Å². The number of halogens is 1. The number of aryl methyl sites for hydroxylation is 1. The molecule has 0 aliphatic heterocycles. The molecule has 0 radical (unpaired) electrons. The molecule has 0 aliphatic carbocycles. The quantitative estimate of drug-likeness (QED) is 0.498. The maximum atomic E-state index is 12.4. The number of esters is 2. The van der Waals surface area contributed by atoms with E-state index in [-0.39, 0.29) is 30.3 Å². The highest BCUT2D eigenvalue weighted by atomic mass is 35.5. The molecule has 0 amide bonds. The molecular weight excluding hydrogens is 426 g/mol. The second-order valence-corrected chi connectivity index (χ2v) is 7.87. The van der Waals surface area contributed by atoms with Crippen molar-refractivity contribution in [2.45, 2.75) is 27.7 Å². The van der Waals surface area contributed by atoms with E-state index >= 15 is 0 Å². The van der Waals surface area contributed by atoms with E-state index in [1.54, 1.807) is 31.2 Å². The molecule has 160 valence electrons. The van der Waals surface area contributed by atoms with Gasteiger partial charge in [0, 0.05) is 5.69 Å². The maximum Gasteiger partial charge on any atom is 0.348 e. The summed E-state index contributed by atoms with van der Waals surface area (Å²) >= 11 is 1.29. The molecule has 0 saturated carbocycles. The van der Waals surface area contributed by atoms with Crippen LogP contribution in [0.4, 0.5) is 11.5 Å². The first-order valence-electron chi connectivity index (χ1n) is 9.36. The van der Waals surface area contributed by atoms with Crippen molar-refractivity contribution < 1.29 is 19.1 Å². The predicted molar refractivity (Wildman–Crippen MR) is 120 cm³/mol. The van der Waals surface area contributed by atoms with E-state index in [0.29, 0.717) is 34.3 Å². The van der Waals surface area contributed by atoms with Gasteiger partial charge >= 0.3 is 11.9 Å². The third-order valence-corrected chi connectivity index (χ3v) is 5.30. The number of rotatable bonds is 7. The summed E-state index contributed by atoms with van der Waals surface area (Å²) in [7, 11) is 0. The smallest absolute Gasteiger partial charge is 0.348 e. The Morgan fingerprint density at radius 2 is 1.80 bits per heavy atom. The second-order valence-electron chi connectivity index (χ2n) is 6.87. The predicted octanol–water partition coefficient (Wildman–Crippen LogP) is 5.15. The van der Waals surface area contributed by atoms with Crippen molar-refractivity contribution in [3.8, 4) is 0 Å². The number of hydrogen-bond donors (Lipinski definition) is 1. The van der Waals surface area contributed by atoms with E-state index in [0.717, 1.165) is 16.6 Å². The molecule has 1 N–H and O–H groups in total. The number of benzene rings is 1. The standard InChI is InChI=1S/C21H23N3O4S.ClH/c1-5-27-20(25)14-6-8-15(9-7-14)24-18-16-13(4)17(21(26)28-10-12(2)3)29-19(16)23-11-22-18;/h6-9,11-12H,5,10H2,1-4H3,(H,22,23,24);1H. The zero-order valence-corrected chi connectivity index (χ0v) is 18.9. The molecule has 0 fully saturated rings. The number of thiophene rings is 1. The SMILES string of the molecule is CCOC(=O)c1ccc(Nc2ncnc3sc(C(=O)OCC(C)C)c(C)c23)cc1.Cl. The zero-order chi connectivity index (χ0) is 21.0. The summed E-state index contributed by atoms with van der Waals surface area (Å²) in [5.41, 5.74) is 2.02. The molecule has 2 heterocycles. The Bertz CT molecular complexity index is 1030. The Morgan fingerprint density at radius 3 is 2.43 bits per heavy atom. The molecule has 7 nitrogen and oxygen atoms in total. The van der Waals surface area contributed by atoms with Gasteiger partial charge in [0.25, 0.3) is 0 Å². The number of ether oxygens (including phenoxy) is 2. The second kappa shape index (κ2) is 10.4. The summed E-state index contributed by atoms with van der Waals surface area (Å²) in [6.07, 6.45) is 1.46.